The molecule has 10 heteroatoms. The van der Waals surface area contributed by atoms with Crippen molar-refractivity contribution in [2.75, 3.05) is 6.54 Å². The molecule has 0 aromatic heterocycles. The van der Waals surface area contributed by atoms with Gasteiger partial charge in [0.1, 0.15) is 9.34 Å². The normalized spacial score (nSPS) is 16.2. The Labute approximate surface area is 145 Å². The number of carboxylic acids is 1. The number of rotatable bonds is 5. The van der Waals surface area contributed by atoms with Crippen LogP contribution < -0.4 is 5.11 Å². The number of amides is 1. The van der Waals surface area contributed by atoms with Crippen LogP contribution in [0.15, 0.2) is 23.1 Å². The highest BCUT2D eigenvalue weighted by molar-refractivity contribution is 8.26. The fourth-order valence-corrected chi connectivity index (χ4v) is 3.30. The van der Waals surface area contributed by atoms with Gasteiger partial charge < -0.3 is 9.90 Å². The van der Waals surface area contributed by atoms with E-state index in [0.717, 1.165) is 16.7 Å². The quantitative estimate of drug-likeness (QED) is 0.335. The summed E-state index contributed by atoms with van der Waals surface area (Å²) < 4.78 is 0.228. The molecule has 1 heterocycles. The van der Waals surface area contributed by atoms with E-state index in [1.807, 2.05) is 0 Å². The second-order valence-electron chi connectivity index (χ2n) is 4.42. The van der Waals surface area contributed by atoms with Gasteiger partial charge in [-0.2, -0.15) is 0 Å². The van der Waals surface area contributed by atoms with E-state index in [-0.39, 0.29) is 32.9 Å². The first-order valence-corrected chi connectivity index (χ1v) is 7.79. The van der Waals surface area contributed by atoms with Gasteiger partial charge >= 0.3 is 0 Å². The van der Waals surface area contributed by atoms with E-state index in [4.69, 9.17) is 23.8 Å². The Kier molecular flexibility index (Phi) is 5.34. The summed E-state index contributed by atoms with van der Waals surface area (Å²) in [6.07, 6.45) is 1.12. The Balaban J connectivity index is 2.25. The van der Waals surface area contributed by atoms with E-state index < -0.39 is 16.8 Å². The first-order chi connectivity index (χ1) is 10.8. The SMILES string of the molecule is O=C([O-])CCN1C(=O)/C(=C/c2ccc(Cl)c([N+](=O)[O-])c2)SC1=S. The van der Waals surface area contributed by atoms with Gasteiger partial charge in [0.15, 0.2) is 0 Å². The van der Waals surface area contributed by atoms with Gasteiger partial charge in [-0.05, 0) is 17.7 Å². The van der Waals surface area contributed by atoms with Crippen LogP contribution in [-0.4, -0.2) is 32.6 Å². The van der Waals surface area contributed by atoms with E-state index in [0.29, 0.717) is 5.56 Å². The van der Waals surface area contributed by atoms with Crippen molar-refractivity contribution in [3.63, 3.8) is 0 Å². The van der Waals surface area contributed by atoms with Crippen LogP contribution in [0.5, 0.6) is 0 Å². The molecule has 2 rings (SSSR count). The lowest BCUT2D eigenvalue weighted by Gasteiger charge is -2.14. The zero-order valence-electron chi connectivity index (χ0n) is 11.4. The topological polar surface area (TPSA) is 104 Å². The average Bonchev–Trinajstić information content (AvgIpc) is 2.73. The van der Waals surface area contributed by atoms with Crippen LogP contribution in [0.2, 0.25) is 5.02 Å². The Morgan fingerprint density at radius 2 is 2.17 bits per heavy atom. The van der Waals surface area contributed by atoms with Gasteiger partial charge in [-0.15, -0.1) is 0 Å². The van der Waals surface area contributed by atoms with Crippen molar-refractivity contribution >= 4 is 63.5 Å². The Hall–Kier alpha value is -1.97. The minimum Gasteiger partial charge on any atom is -0.550 e. The molecule has 0 spiro atoms. The van der Waals surface area contributed by atoms with Crippen LogP contribution in [0, 0.1) is 10.1 Å². The van der Waals surface area contributed by atoms with Crippen molar-refractivity contribution in [1.82, 2.24) is 4.90 Å². The lowest BCUT2D eigenvalue weighted by Crippen LogP contribution is -2.33. The Morgan fingerprint density at radius 1 is 1.48 bits per heavy atom. The molecule has 23 heavy (non-hydrogen) atoms. The lowest BCUT2D eigenvalue weighted by molar-refractivity contribution is -0.384. The molecule has 1 aliphatic rings. The summed E-state index contributed by atoms with van der Waals surface area (Å²) in [5.74, 6) is -1.73. The van der Waals surface area contributed by atoms with Gasteiger partial charge in [-0.3, -0.25) is 19.8 Å². The second-order valence-corrected chi connectivity index (χ2v) is 6.51. The van der Waals surface area contributed by atoms with Crippen LogP contribution >= 0.6 is 35.6 Å². The van der Waals surface area contributed by atoms with Gasteiger partial charge in [0.25, 0.3) is 11.6 Å². The third-order valence-electron chi connectivity index (χ3n) is 2.88. The highest BCUT2D eigenvalue weighted by Gasteiger charge is 2.31. The van der Waals surface area contributed by atoms with Gasteiger partial charge in [-0.25, -0.2) is 0 Å². The molecular weight excluding hydrogens is 364 g/mol. The molecule has 1 aromatic carbocycles. The summed E-state index contributed by atoms with van der Waals surface area (Å²) in [5, 5.41) is 21.3. The number of carboxylic acid groups (broad SMARTS) is 1. The molecule has 7 nitrogen and oxygen atoms in total. The lowest BCUT2D eigenvalue weighted by atomic mass is 10.2. The van der Waals surface area contributed by atoms with Gasteiger partial charge in [0, 0.05) is 25.0 Å². The number of carbonyl (C=O) groups excluding carboxylic acids is 2. The molecular formula is C13H8ClN2O5S2-. The number of nitro groups is 1. The van der Waals surface area contributed by atoms with Crippen molar-refractivity contribution in [2.45, 2.75) is 6.42 Å². The number of nitrogens with zero attached hydrogens (tertiary/aromatic N) is 2. The number of thioether (sulfide) groups is 1. The summed E-state index contributed by atoms with van der Waals surface area (Å²) >= 11 is 11.8. The summed E-state index contributed by atoms with van der Waals surface area (Å²) in [6, 6.07) is 4.14. The molecule has 1 aliphatic heterocycles. The van der Waals surface area contributed by atoms with E-state index in [1.54, 1.807) is 0 Å². The van der Waals surface area contributed by atoms with Crippen LogP contribution in [0.25, 0.3) is 6.08 Å². The maximum atomic E-state index is 12.2. The van der Waals surface area contributed by atoms with Gasteiger partial charge in [0.2, 0.25) is 0 Å². The minimum absolute atomic E-state index is 0.00587. The highest BCUT2D eigenvalue weighted by Crippen LogP contribution is 2.34. The predicted octanol–water partition coefficient (Wildman–Crippen LogP) is 1.59. The molecule has 0 N–H and O–H groups in total. The van der Waals surface area contributed by atoms with Crippen LogP contribution in [0.1, 0.15) is 12.0 Å². The smallest absolute Gasteiger partial charge is 0.288 e. The summed E-state index contributed by atoms with van der Waals surface area (Å²) in [7, 11) is 0. The molecule has 0 saturated carbocycles. The molecule has 1 fully saturated rings. The van der Waals surface area contributed by atoms with E-state index in [9.17, 15) is 24.8 Å². The predicted molar refractivity (Wildman–Crippen MR) is 87.6 cm³/mol. The maximum Gasteiger partial charge on any atom is 0.288 e. The fraction of sp³-hybridized carbons (Fsp3) is 0.154. The zero-order valence-corrected chi connectivity index (χ0v) is 13.7. The second kappa shape index (κ2) is 7.07. The standard InChI is InChI=1S/C13H9ClN2O5S2/c14-8-2-1-7(5-9(8)16(20)21)6-10-12(19)15(13(22)23-10)4-3-11(17)18/h1-2,5-6H,3-4H2,(H,17,18)/p-1/b10-6-. The summed E-state index contributed by atoms with van der Waals surface area (Å²) in [4.78, 5) is 34.3. The fourth-order valence-electron chi connectivity index (χ4n) is 1.81. The molecule has 0 unspecified atom stereocenters. The number of aliphatic carboxylic acids is 1. The minimum atomic E-state index is -1.28. The number of hydrogen-bond acceptors (Lipinski definition) is 7. The number of nitro benzene ring substituents is 1. The molecule has 1 aromatic rings. The van der Waals surface area contributed by atoms with Crippen molar-refractivity contribution in [2.24, 2.45) is 0 Å². The molecule has 0 radical (unpaired) electrons. The number of hydrogen-bond donors (Lipinski definition) is 0. The first-order valence-electron chi connectivity index (χ1n) is 6.18. The van der Waals surface area contributed by atoms with Crippen LogP contribution in [0.3, 0.4) is 0 Å². The number of thiocarbonyl (C=S) groups is 1. The van der Waals surface area contributed by atoms with Crippen LogP contribution in [-0.2, 0) is 9.59 Å². The number of benzene rings is 1. The van der Waals surface area contributed by atoms with E-state index >= 15 is 0 Å². The third-order valence-corrected chi connectivity index (χ3v) is 4.58. The van der Waals surface area contributed by atoms with E-state index in [1.165, 1.54) is 24.3 Å². The largest absolute Gasteiger partial charge is 0.550 e. The molecule has 1 amide bonds. The zero-order chi connectivity index (χ0) is 17.1. The summed E-state index contributed by atoms with van der Waals surface area (Å²) in [6.45, 7) is -0.0783. The first kappa shape index (κ1) is 17.4. The highest BCUT2D eigenvalue weighted by atomic mass is 35.5. The van der Waals surface area contributed by atoms with Crippen molar-refractivity contribution in [1.29, 1.82) is 0 Å². The Bertz CT molecular complexity index is 750. The van der Waals surface area contributed by atoms with Crippen molar-refractivity contribution in [3.05, 3.63) is 43.8 Å². The summed E-state index contributed by atoms with van der Waals surface area (Å²) in [5.41, 5.74) is 0.148. The number of halogens is 1. The van der Waals surface area contributed by atoms with Crippen molar-refractivity contribution in [3.8, 4) is 0 Å². The van der Waals surface area contributed by atoms with Crippen molar-refractivity contribution < 1.29 is 19.6 Å². The molecule has 0 aliphatic carbocycles. The van der Waals surface area contributed by atoms with Gasteiger partial charge in [-0.1, -0.05) is 41.6 Å². The molecule has 1 saturated heterocycles. The van der Waals surface area contributed by atoms with Gasteiger partial charge in [0.05, 0.1) is 9.83 Å². The number of carbonyl (C=O) groups is 2. The van der Waals surface area contributed by atoms with Crippen LogP contribution in [0.4, 0.5) is 5.69 Å². The van der Waals surface area contributed by atoms with E-state index in [2.05, 4.69) is 0 Å². The third kappa shape index (κ3) is 4.06. The monoisotopic (exact) mass is 371 g/mol. The molecule has 0 bridgehead atoms. The molecule has 0 atom stereocenters. The average molecular weight is 372 g/mol. The molecule has 120 valence electrons. The maximum absolute atomic E-state index is 12.2. The Morgan fingerprint density at radius 3 is 2.78 bits per heavy atom.